The molecule has 25 heavy (non-hydrogen) atoms. The van der Waals surface area contributed by atoms with Gasteiger partial charge < -0.3 is 10.1 Å². The first-order valence-corrected chi connectivity index (χ1v) is 9.00. The normalized spacial score (nSPS) is 12.0. The molecule has 0 spiro atoms. The van der Waals surface area contributed by atoms with E-state index in [1.807, 2.05) is 49.6 Å². The van der Waals surface area contributed by atoms with Crippen molar-refractivity contribution in [2.24, 2.45) is 0 Å². The van der Waals surface area contributed by atoms with E-state index < -0.39 is 6.10 Å². The van der Waals surface area contributed by atoms with Gasteiger partial charge >= 0.3 is 0 Å². The van der Waals surface area contributed by atoms with Gasteiger partial charge in [-0.15, -0.1) is 11.3 Å². The predicted molar refractivity (Wildman–Crippen MR) is 100 cm³/mol. The lowest BCUT2D eigenvalue weighted by Crippen LogP contribution is -2.31. The van der Waals surface area contributed by atoms with Crippen molar-refractivity contribution >= 4 is 23.1 Å². The summed E-state index contributed by atoms with van der Waals surface area (Å²) in [6, 6.07) is 11.7. The fourth-order valence-electron chi connectivity index (χ4n) is 2.39. The summed E-state index contributed by atoms with van der Waals surface area (Å²) >= 11 is 1.66. The van der Waals surface area contributed by atoms with Crippen molar-refractivity contribution in [2.75, 3.05) is 5.32 Å². The third kappa shape index (κ3) is 4.28. The predicted octanol–water partition coefficient (Wildman–Crippen LogP) is 4.02. The maximum Gasteiger partial charge on any atom is 0.266 e. The van der Waals surface area contributed by atoms with Gasteiger partial charge in [-0.25, -0.2) is 4.68 Å². The van der Waals surface area contributed by atoms with Gasteiger partial charge in [0.05, 0.1) is 12.7 Å². The quantitative estimate of drug-likeness (QED) is 0.727. The van der Waals surface area contributed by atoms with Crippen LogP contribution in [0.3, 0.4) is 0 Å². The average Bonchev–Trinajstić information content (AvgIpc) is 3.24. The Morgan fingerprint density at radius 1 is 1.28 bits per heavy atom. The van der Waals surface area contributed by atoms with Crippen LogP contribution < -0.4 is 10.1 Å². The Labute approximate surface area is 151 Å². The first kappa shape index (κ1) is 17.2. The second-order valence-electron chi connectivity index (χ2n) is 5.95. The lowest BCUT2D eigenvalue weighted by molar-refractivity contribution is -0.122. The fourth-order valence-corrected chi connectivity index (χ4v) is 3.07. The Kier molecular flexibility index (Phi) is 5.19. The number of rotatable bonds is 6. The Balaban J connectivity index is 1.63. The lowest BCUT2D eigenvalue weighted by atomic mass is 10.1. The second-order valence-corrected chi connectivity index (χ2v) is 6.98. The lowest BCUT2D eigenvalue weighted by Gasteiger charge is -2.16. The number of benzene rings is 1. The molecule has 3 rings (SSSR count). The van der Waals surface area contributed by atoms with Gasteiger partial charge in [-0.05, 0) is 55.5 Å². The summed E-state index contributed by atoms with van der Waals surface area (Å²) in [5.74, 6) is 1.15. The van der Waals surface area contributed by atoms with Crippen molar-refractivity contribution < 1.29 is 9.53 Å². The van der Waals surface area contributed by atoms with Gasteiger partial charge in [0.1, 0.15) is 11.6 Å². The number of aromatic nitrogens is 2. The molecule has 0 bridgehead atoms. The van der Waals surface area contributed by atoms with Crippen LogP contribution in [0.5, 0.6) is 5.75 Å². The molecule has 130 valence electrons. The fraction of sp³-hybridized carbons (Fsp3) is 0.263. The highest BCUT2D eigenvalue weighted by molar-refractivity contribution is 7.09. The van der Waals surface area contributed by atoms with Gasteiger partial charge in [0.25, 0.3) is 5.91 Å². The molecule has 1 amide bonds. The Morgan fingerprint density at radius 3 is 2.84 bits per heavy atom. The number of carbonyl (C=O) groups is 1. The molecule has 0 fully saturated rings. The minimum atomic E-state index is -0.604. The molecule has 0 saturated heterocycles. The Hall–Kier alpha value is -2.60. The molecule has 1 N–H and O–H groups in total. The Bertz CT molecular complexity index is 855. The first-order chi connectivity index (χ1) is 12.0. The molecule has 0 saturated carbocycles. The highest BCUT2D eigenvalue weighted by atomic mass is 32.1. The van der Waals surface area contributed by atoms with E-state index in [2.05, 4.69) is 10.4 Å². The largest absolute Gasteiger partial charge is 0.481 e. The molecule has 6 heteroatoms. The van der Waals surface area contributed by atoms with Gasteiger partial charge in [-0.1, -0.05) is 12.1 Å². The van der Waals surface area contributed by atoms with Gasteiger partial charge in [0, 0.05) is 10.9 Å². The van der Waals surface area contributed by atoms with E-state index in [1.165, 1.54) is 10.4 Å². The molecular weight excluding hydrogens is 334 g/mol. The smallest absolute Gasteiger partial charge is 0.266 e. The van der Waals surface area contributed by atoms with E-state index in [9.17, 15) is 4.79 Å². The molecule has 1 aromatic carbocycles. The van der Waals surface area contributed by atoms with E-state index in [1.54, 1.807) is 35.2 Å². The van der Waals surface area contributed by atoms with Gasteiger partial charge in [-0.2, -0.15) is 5.10 Å². The summed E-state index contributed by atoms with van der Waals surface area (Å²) < 4.78 is 7.54. The SMILES string of the molecule is Cc1ccc(O[C@H](C)C(=O)Nc2ccnn2Cc2cccs2)cc1C. The van der Waals surface area contributed by atoms with Crippen LogP contribution in [0.25, 0.3) is 0 Å². The standard InChI is InChI=1S/C19H21N3O2S/c1-13-6-7-16(11-14(13)2)24-15(3)19(23)21-18-8-9-20-22(18)12-17-5-4-10-25-17/h4-11,15H,12H2,1-3H3,(H,21,23)/t15-/m1/s1. The van der Waals surface area contributed by atoms with Gasteiger partial charge in [0.15, 0.2) is 6.10 Å². The van der Waals surface area contributed by atoms with Crippen molar-refractivity contribution in [2.45, 2.75) is 33.4 Å². The molecule has 0 unspecified atom stereocenters. The monoisotopic (exact) mass is 355 g/mol. The van der Waals surface area contributed by atoms with Crippen LogP contribution in [0.15, 0.2) is 48.0 Å². The molecule has 1 atom stereocenters. The van der Waals surface area contributed by atoms with Crippen LogP contribution in [-0.2, 0) is 11.3 Å². The summed E-state index contributed by atoms with van der Waals surface area (Å²) in [5.41, 5.74) is 2.33. The second kappa shape index (κ2) is 7.53. The van der Waals surface area contributed by atoms with Crippen LogP contribution in [0.4, 0.5) is 5.82 Å². The number of ether oxygens (including phenoxy) is 1. The summed E-state index contributed by atoms with van der Waals surface area (Å²) in [4.78, 5) is 13.6. The van der Waals surface area contributed by atoms with Crippen LogP contribution in [0, 0.1) is 13.8 Å². The summed E-state index contributed by atoms with van der Waals surface area (Å²) in [7, 11) is 0. The van der Waals surface area contributed by atoms with Crippen LogP contribution in [0.1, 0.15) is 22.9 Å². The zero-order valence-corrected chi connectivity index (χ0v) is 15.3. The maximum absolute atomic E-state index is 12.4. The number of thiophene rings is 1. The van der Waals surface area contributed by atoms with Crippen molar-refractivity contribution in [1.82, 2.24) is 9.78 Å². The number of carbonyl (C=O) groups excluding carboxylic acids is 1. The van der Waals surface area contributed by atoms with Crippen molar-refractivity contribution in [3.8, 4) is 5.75 Å². The van der Waals surface area contributed by atoms with Gasteiger partial charge in [-0.3, -0.25) is 4.79 Å². The molecule has 3 aromatic rings. The Morgan fingerprint density at radius 2 is 2.12 bits per heavy atom. The van der Waals surface area contributed by atoms with E-state index in [0.717, 1.165) is 5.56 Å². The van der Waals surface area contributed by atoms with Crippen LogP contribution in [0.2, 0.25) is 0 Å². The number of amides is 1. The zero-order chi connectivity index (χ0) is 17.8. The third-order valence-electron chi connectivity index (χ3n) is 4.01. The highest BCUT2D eigenvalue weighted by Gasteiger charge is 2.17. The van der Waals surface area contributed by atoms with E-state index >= 15 is 0 Å². The summed E-state index contributed by atoms with van der Waals surface area (Å²) in [5, 5.41) is 9.19. The van der Waals surface area contributed by atoms with E-state index in [4.69, 9.17) is 4.74 Å². The number of nitrogens with one attached hydrogen (secondary N) is 1. The highest BCUT2D eigenvalue weighted by Crippen LogP contribution is 2.19. The number of hydrogen-bond acceptors (Lipinski definition) is 4. The molecule has 2 aromatic heterocycles. The molecule has 0 aliphatic heterocycles. The van der Waals surface area contributed by atoms with Crippen molar-refractivity contribution in [3.63, 3.8) is 0 Å². The zero-order valence-electron chi connectivity index (χ0n) is 14.5. The average molecular weight is 355 g/mol. The minimum absolute atomic E-state index is 0.203. The topological polar surface area (TPSA) is 56.1 Å². The molecular formula is C19H21N3O2S. The van der Waals surface area contributed by atoms with Crippen molar-refractivity contribution in [3.05, 3.63) is 64.0 Å². The summed E-state index contributed by atoms with van der Waals surface area (Å²) in [6.07, 6.45) is 1.07. The first-order valence-electron chi connectivity index (χ1n) is 8.12. The maximum atomic E-state index is 12.4. The molecule has 5 nitrogen and oxygen atoms in total. The van der Waals surface area contributed by atoms with Crippen LogP contribution in [-0.4, -0.2) is 21.8 Å². The number of nitrogens with zero attached hydrogens (tertiary/aromatic N) is 2. The van der Waals surface area contributed by atoms with E-state index in [0.29, 0.717) is 18.1 Å². The number of hydrogen-bond donors (Lipinski definition) is 1. The van der Waals surface area contributed by atoms with Crippen LogP contribution >= 0.6 is 11.3 Å². The number of aryl methyl sites for hydroxylation is 2. The minimum Gasteiger partial charge on any atom is -0.481 e. The molecule has 0 radical (unpaired) electrons. The molecule has 0 aliphatic rings. The summed E-state index contributed by atoms with van der Waals surface area (Å²) in [6.45, 7) is 6.44. The van der Waals surface area contributed by atoms with Crippen molar-refractivity contribution in [1.29, 1.82) is 0 Å². The van der Waals surface area contributed by atoms with Gasteiger partial charge in [0.2, 0.25) is 0 Å². The number of anilines is 1. The third-order valence-corrected chi connectivity index (χ3v) is 4.88. The van der Waals surface area contributed by atoms with E-state index in [-0.39, 0.29) is 5.91 Å². The molecule has 0 aliphatic carbocycles. The molecule has 2 heterocycles.